The molecule has 0 aliphatic heterocycles. The highest BCUT2D eigenvalue weighted by Crippen LogP contribution is 2.35. The van der Waals surface area contributed by atoms with Crippen molar-refractivity contribution in [1.82, 2.24) is 14.9 Å². The first-order chi connectivity index (χ1) is 23.7. The van der Waals surface area contributed by atoms with E-state index in [1.807, 2.05) is 96.1 Å². The van der Waals surface area contributed by atoms with Gasteiger partial charge >= 0.3 is 11.9 Å². The van der Waals surface area contributed by atoms with Gasteiger partial charge in [-0.3, -0.25) is 9.69 Å². The van der Waals surface area contributed by atoms with Crippen LogP contribution in [0.1, 0.15) is 89.2 Å². The molecule has 4 aromatic rings. The van der Waals surface area contributed by atoms with Gasteiger partial charge < -0.3 is 18.9 Å². The number of carbonyl (C=O) groups excluding carboxylic acids is 2. The summed E-state index contributed by atoms with van der Waals surface area (Å²) in [5.74, 6) is 0.481. The molecule has 4 rings (SSSR count). The summed E-state index contributed by atoms with van der Waals surface area (Å²) in [4.78, 5) is 35.2. The van der Waals surface area contributed by atoms with Crippen LogP contribution in [-0.4, -0.2) is 52.2 Å². The highest BCUT2D eigenvalue weighted by Gasteiger charge is 2.30. The number of carbonyl (C=O) groups is 2. The minimum absolute atomic E-state index is 0.0564. The van der Waals surface area contributed by atoms with Gasteiger partial charge in [-0.1, -0.05) is 66.7 Å². The standard InChI is InChI=1S/C28H34N2O3.C13H17NO3/c1-21(23-14-10-7-11-15-23)30(20-22-12-8-6-9-13-22)25(18-27(31)33-28(2,3)4)24-16-17-26(32-5)29-19-24;1-13(2,3)17-12(15)8-6-10-5-7-11(16-4)14-9-10/h6-17,19,21,25H,18,20H2,1-5H3;5-9H,1-4H3/b;8-6+/t21-,25?;/m1./s1. The third-order valence-electron chi connectivity index (χ3n) is 7.31. The molecule has 50 heavy (non-hydrogen) atoms. The maximum atomic E-state index is 13.0. The second kappa shape index (κ2) is 18.7. The number of methoxy groups -OCH3 is 2. The predicted molar refractivity (Wildman–Crippen MR) is 197 cm³/mol. The Kier molecular flexibility index (Phi) is 14.7. The maximum Gasteiger partial charge on any atom is 0.331 e. The van der Waals surface area contributed by atoms with Crippen LogP contribution in [-0.2, 0) is 25.6 Å². The number of hydrogen-bond donors (Lipinski definition) is 0. The molecule has 2 atom stereocenters. The summed E-state index contributed by atoms with van der Waals surface area (Å²) >= 11 is 0. The zero-order valence-corrected chi connectivity index (χ0v) is 30.8. The highest BCUT2D eigenvalue weighted by atomic mass is 16.6. The van der Waals surface area contributed by atoms with E-state index in [0.717, 1.165) is 11.1 Å². The van der Waals surface area contributed by atoms with Gasteiger partial charge in [-0.15, -0.1) is 0 Å². The largest absolute Gasteiger partial charge is 0.481 e. The molecule has 0 aliphatic rings. The van der Waals surface area contributed by atoms with Crippen LogP contribution >= 0.6 is 0 Å². The van der Waals surface area contributed by atoms with Gasteiger partial charge in [0.05, 0.1) is 20.6 Å². The van der Waals surface area contributed by atoms with Gasteiger partial charge in [0, 0.05) is 49.2 Å². The third-order valence-corrected chi connectivity index (χ3v) is 7.31. The Morgan fingerprint density at radius 3 is 1.78 bits per heavy atom. The van der Waals surface area contributed by atoms with Crippen LogP contribution in [0.5, 0.6) is 11.8 Å². The lowest BCUT2D eigenvalue weighted by Crippen LogP contribution is -2.34. The molecular formula is C41H51N3O6. The highest BCUT2D eigenvalue weighted by molar-refractivity contribution is 5.87. The molecule has 9 nitrogen and oxygen atoms in total. The number of nitrogens with zero attached hydrogens (tertiary/aromatic N) is 3. The Morgan fingerprint density at radius 2 is 1.28 bits per heavy atom. The first-order valence-corrected chi connectivity index (χ1v) is 16.6. The summed E-state index contributed by atoms with van der Waals surface area (Å²) < 4.78 is 21.0. The lowest BCUT2D eigenvalue weighted by molar-refractivity contribution is -0.156. The summed E-state index contributed by atoms with van der Waals surface area (Å²) in [6.07, 6.45) is 6.67. The van der Waals surface area contributed by atoms with E-state index in [2.05, 4.69) is 46.1 Å². The van der Waals surface area contributed by atoms with Crippen molar-refractivity contribution in [3.05, 3.63) is 126 Å². The number of esters is 2. The van der Waals surface area contributed by atoms with Crippen molar-refractivity contribution in [2.75, 3.05) is 14.2 Å². The Balaban J connectivity index is 0.000000335. The first kappa shape index (κ1) is 39.4. The fraction of sp³-hybridized carbons (Fsp3) is 0.366. The van der Waals surface area contributed by atoms with Gasteiger partial charge in [-0.05, 0) is 82.9 Å². The molecule has 0 fully saturated rings. The second-order valence-electron chi connectivity index (χ2n) is 13.7. The Labute approximate surface area is 297 Å². The summed E-state index contributed by atoms with van der Waals surface area (Å²) in [5.41, 5.74) is 3.10. The monoisotopic (exact) mass is 681 g/mol. The quantitative estimate of drug-likeness (QED) is 0.108. The molecule has 0 bridgehead atoms. The minimum atomic E-state index is -0.547. The van der Waals surface area contributed by atoms with E-state index in [1.165, 1.54) is 17.2 Å². The molecule has 0 saturated heterocycles. The van der Waals surface area contributed by atoms with Gasteiger partial charge in [0.1, 0.15) is 11.2 Å². The lowest BCUT2D eigenvalue weighted by atomic mass is 9.97. The summed E-state index contributed by atoms with van der Waals surface area (Å²) in [5, 5.41) is 0. The predicted octanol–water partition coefficient (Wildman–Crippen LogP) is 8.57. The molecule has 1 unspecified atom stereocenters. The van der Waals surface area contributed by atoms with E-state index in [-0.39, 0.29) is 30.4 Å². The SMILES string of the molecule is COc1ccc(/C=C/C(=O)OC(C)(C)C)cn1.COc1ccc(C(CC(=O)OC(C)(C)C)N(Cc2ccccc2)[C@H](C)c2ccccc2)cn1. The van der Waals surface area contributed by atoms with E-state index in [1.54, 1.807) is 38.8 Å². The Morgan fingerprint density at radius 1 is 0.720 bits per heavy atom. The average Bonchev–Trinajstić information content (AvgIpc) is 3.08. The molecule has 2 aromatic carbocycles. The van der Waals surface area contributed by atoms with Crippen LogP contribution in [0, 0.1) is 0 Å². The smallest absolute Gasteiger partial charge is 0.331 e. The molecule has 0 radical (unpaired) electrons. The second-order valence-corrected chi connectivity index (χ2v) is 13.7. The fourth-order valence-corrected chi connectivity index (χ4v) is 5.02. The van der Waals surface area contributed by atoms with Crippen LogP contribution in [0.25, 0.3) is 6.08 Å². The maximum absolute atomic E-state index is 13.0. The third kappa shape index (κ3) is 13.8. The van der Waals surface area contributed by atoms with Crippen LogP contribution < -0.4 is 9.47 Å². The van der Waals surface area contributed by atoms with Crippen molar-refractivity contribution in [3.8, 4) is 11.8 Å². The van der Waals surface area contributed by atoms with Crippen LogP contribution in [0.2, 0.25) is 0 Å². The van der Waals surface area contributed by atoms with Gasteiger partial charge in [0.25, 0.3) is 0 Å². The number of hydrogen-bond acceptors (Lipinski definition) is 9. The van der Waals surface area contributed by atoms with Crippen LogP contribution in [0.3, 0.4) is 0 Å². The van der Waals surface area contributed by atoms with Crippen LogP contribution in [0.4, 0.5) is 0 Å². The molecule has 266 valence electrons. The van der Waals surface area contributed by atoms with Crippen molar-refractivity contribution in [2.45, 2.75) is 84.7 Å². The van der Waals surface area contributed by atoms with Gasteiger partial charge in [0.2, 0.25) is 11.8 Å². The summed E-state index contributed by atoms with van der Waals surface area (Å²) in [6.45, 7) is 14.0. The number of pyridine rings is 2. The van der Waals surface area contributed by atoms with E-state index >= 15 is 0 Å². The van der Waals surface area contributed by atoms with Crippen molar-refractivity contribution < 1.29 is 28.5 Å². The molecule has 2 heterocycles. The molecule has 0 aliphatic carbocycles. The number of benzene rings is 2. The molecule has 2 aromatic heterocycles. The molecular weight excluding hydrogens is 630 g/mol. The zero-order valence-electron chi connectivity index (χ0n) is 30.8. The zero-order chi connectivity index (χ0) is 36.7. The average molecular weight is 682 g/mol. The van der Waals surface area contributed by atoms with Gasteiger partial charge in [-0.25, -0.2) is 14.8 Å². The van der Waals surface area contributed by atoms with E-state index in [0.29, 0.717) is 18.3 Å². The van der Waals surface area contributed by atoms with Crippen molar-refractivity contribution in [1.29, 1.82) is 0 Å². The normalized spacial score (nSPS) is 12.8. The summed E-state index contributed by atoms with van der Waals surface area (Å²) in [6, 6.07) is 27.9. The minimum Gasteiger partial charge on any atom is -0.481 e. The lowest BCUT2D eigenvalue weighted by Gasteiger charge is -2.37. The Bertz CT molecular complexity index is 1630. The van der Waals surface area contributed by atoms with Crippen molar-refractivity contribution in [2.24, 2.45) is 0 Å². The molecule has 9 heteroatoms. The molecule has 0 N–H and O–H groups in total. The van der Waals surface area contributed by atoms with Gasteiger partial charge in [0.15, 0.2) is 0 Å². The number of rotatable bonds is 12. The van der Waals surface area contributed by atoms with E-state index < -0.39 is 11.2 Å². The van der Waals surface area contributed by atoms with E-state index in [9.17, 15) is 9.59 Å². The molecule has 0 spiro atoms. The fourth-order valence-electron chi connectivity index (χ4n) is 5.02. The van der Waals surface area contributed by atoms with Crippen molar-refractivity contribution >= 4 is 18.0 Å². The molecule has 0 saturated carbocycles. The Hall–Kier alpha value is -5.02. The van der Waals surface area contributed by atoms with E-state index in [4.69, 9.17) is 18.9 Å². The topological polar surface area (TPSA) is 100 Å². The van der Waals surface area contributed by atoms with Crippen molar-refractivity contribution in [3.63, 3.8) is 0 Å². The number of ether oxygens (including phenoxy) is 4. The number of aromatic nitrogens is 2. The van der Waals surface area contributed by atoms with Crippen LogP contribution in [0.15, 0.2) is 103 Å². The molecule has 0 amide bonds. The summed E-state index contributed by atoms with van der Waals surface area (Å²) in [7, 11) is 3.15. The van der Waals surface area contributed by atoms with Gasteiger partial charge in [-0.2, -0.15) is 0 Å². The first-order valence-electron chi connectivity index (χ1n) is 16.6.